The molecule has 1 aliphatic carbocycles. The Morgan fingerprint density at radius 1 is 1.00 bits per heavy atom. The second-order valence-corrected chi connectivity index (χ2v) is 13.1. The Bertz CT molecular complexity index is 243. The first-order valence-electron chi connectivity index (χ1n) is 9.23. The fourth-order valence-electron chi connectivity index (χ4n) is 4.01. The first-order valence-corrected chi connectivity index (χ1v) is 14.3. The molecule has 0 aromatic rings. The van der Waals surface area contributed by atoms with E-state index in [1.807, 2.05) is 0 Å². The summed E-state index contributed by atoms with van der Waals surface area (Å²) in [4.78, 5) is 0. The maximum atomic E-state index is 6.08. The van der Waals surface area contributed by atoms with Crippen molar-refractivity contribution in [3.05, 3.63) is 0 Å². The molecule has 2 atom stereocenters. The van der Waals surface area contributed by atoms with Crippen LogP contribution in [0.1, 0.15) is 71.1 Å². The van der Waals surface area contributed by atoms with Crippen molar-refractivity contribution in [2.45, 2.75) is 96.8 Å². The Morgan fingerprint density at radius 2 is 1.65 bits per heavy atom. The van der Waals surface area contributed by atoms with Crippen LogP contribution in [0.5, 0.6) is 0 Å². The maximum absolute atomic E-state index is 6.08. The Labute approximate surface area is 131 Å². The largest absolute Gasteiger partial charge is 0.461 e. The average molecular weight is 315 g/mol. The Kier molecular flexibility index (Phi) is 9.38. The second-order valence-electron chi connectivity index (χ2n) is 7.39. The summed E-state index contributed by atoms with van der Waals surface area (Å²) in [6, 6.07) is 1.39. The van der Waals surface area contributed by atoms with E-state index >= 15 is 0 Å². The quantitative estimate of drug-likeness (QED) is 0.310. The van der Waals surface area contributed by atoms with Crippen LogP contribution in [0.4, 0.5) is 0 Å². The monoisotopic (exact) mass is 314 g/mol. The molecule has 1 fully saturated rings. The number of hydrogen-bond donors (Lipinski definition) is 0. The van der Waals surface area contributed by atoms with E-state index in [4.69, 9.17) is 4.12 Å². The molecule has 120 valence electrons. The van der Waals surface area contributed by atoms with E-state index in [-0.39, 0.29) is 9.76 Å². The van der Waals surface area contributed by atoms with Gasteiger partial charge in [0.25, 0.3) is 0 Å². The molecule has 2 unspecified atom stereocenters. The van der Waals surface area contributed by atoms with Gasteiger partial charge < -0.3 is 4.12 Å². The summed E-state index contributed by atoms with van der Waals surface area (Å²) in [5.41, 5.74) is 0. The van der Waals surface area contributed by atoms with Crippen molar-refractivity contribution in [1.29, 1.82) is 0 Å². The van der Waals surface area contributed by atoms with Crippen LogP contribution in [0.25, 0.3) is 0 Å². The number of rotatable bonds is 9. The molecule has 3 heteroatoms. The third-order valence-corrected chi connectivity index (χ3v) is 11.0. The van der Waals surface area contributed by atoms with Crippen LogP contribution >= 0.6 is 0 Å². The van der Waals surface area contributed by atoms with Gasteiger partial charge in [0.05, 0.1) is 0 Å². The summed E-state index contributed by atoms with van der Waals surface area (Å²) < 4.78 is 6.08. The van der Waals surface area contributed by atoms with E-state index in [1.54, 1.807) is 0 Å². The summed E-state index contributed by atoms with van der Waals surface area (Å²) in [7, 11) is -1.47. The molecule has 1 nitrogen and oxygen atoms in total. The van der Waals surface area contributed by atoms with E-state index in [9.17, 15) is 0 Å². The lowest BCUT2D eigenvalue weighted by molar-refractivity contribution is 0.270. The first-order chi connectivity index (χ1) is 9.59. The summed E-state index contributed by atoms with van der Waals surface area (Å²) in [6.45, 7) is 9.46. The second kappa shape index (κ2) is 10.2. The highest BCUT2D eigenvalue weighted by molar-refractivity contribution is 6.74. The highest BCUT2D eigenvalue weighted by Gasteiger charge is 2.24. The SMILES string of the molecule is CCCC1CCCCCC1CCCC[Si](C)(C)O[SiH2]C. The minimum absolute atomic E-state index is 0.202. The Balaban J connectivity index is 2.27. The van der Waals surface area contributed by atoms with Gasteiger partial charge in [-0.15, -0.1) is 0 Å². The molecule has 20 heavy (non-hydrogen) atoms. The molecule has 0 aromatic carbocycles. The molecular weight excluding hydrogens is 276 g/mol. The lowest BCUT2D eigenvalue weighted by Gasteiger charge is -2.26. The predicted molar refractivity (Wildman–Crippen MR) is 96.6 cm³/mol. The molecule has 0 heterocycles. The van der Waals surface area contributed by atoms with E-state index in [1.165, 1.54) is 70.3 Å². The lowest BCUT2D eigenvalue weighted by atomic mass is 9.81. The van der Waals surface area contributed by atoms with Crippen molar-refractivity contribution in [2.75, 3.05) is 0 Å². The van der Waals surface area contributed by atoms with Crippen LogP contribution in [0, 0.1) is 11.8 Å². The van der Waals surface area contributed by atoms with E-state index in [2.05, 4.69) is 26.6 Å². The van der Waals surface area contributed by atoms with Gasteiger partial charge in [0.2, 0.25) is 0 Å². The van der Waals surface area contributed by atoms with Gasteiger partial charge in [-0.2, -0.15) is 0 Å². The molecule has 0 bridgehead atoms. The molecule has 1 saturated carbocycles. The highest BCUT2D eigenvalue weighted by atomic mass is 28.4. The van der Waals surface area contributed by atoms with Gasteiger partial charge in [0.1, 0.15) is 9.76 Å². The molecule has 0 spiro atoms. The summed E-state index contributed by atoms with van der Waals surface area (Å²) in [6.07, 6.45) is 14.8. The molecule has 0 aliphatic heterocycles. The van der Waals surface area contributed by atoms with Crippen LogP contribution in [0.2, 0.25) is 25.7 Å². The van der Waals surface area contributed by atoms with Crippen LogP contribution < -0.4 is 0 Å². The van der Waals surface area contributed by atoms with Gasteiger partial charge in [0, 0.05) is 0 Å². The zero-order valence-corrected chi connectivity index (χ0v) is 17.0. The van der Waals surface area contributed by atoms with E-state index in [0.717, 1.165) is 11.8 Å². The van der Waals surface area contributed by atoms with Crippen molar-refractivity contribution < 1.29 is 4.12 Å². The summed E-state index contributed by atoms with van der Waals surface area (Å²) in [5, 5.41) is 0. The number of unbranched alkanes of at least 4 members (excludes halogenated alkanes) is 1. The molecule has 0 aromatic heterocycles. The lowest BCUT2D eigenvalue weighted by Crippen LogP contribution is -2.31. The predicted octanol–water partition coefficient (Wildman–Crippen LogP) is 5.51. The normalized spacial score (nSPS) is 25.2. The third-order valence-electron chi connectivity index (χ3n) is 5.11. The third kappa shape index (κ3) is 7.42. The molecule has 0 radical (unpaired) electrons. The smallest absolute Gasteiger partial charge is 0.172 e. The van der Waals surface area contributed by atoms with Crippen molar-refractivity contribution in [3.63, 3.8) is 0 Å². The van der Waals surface area contributed by atoms with Crippen LogP contribution in [0.15, 0.2) is 0 Å². The Hall–Kier alpha value is 0.394. The van der Waals surface area contributed by atoms with E-state index in [0.29, 0.717) is 0 Å². The Morgan fingerprint density at radius 3 is 2.25 bits per heavy atom. The van der Waals surface area contributed by atoms with E-state index < -0.39 is 8.32 Å². The fourth-order valence-corrected chi connectivity index (χ4v) is 8.82. The van der Waals surface area contributed by atoms with Gasteiger partial charge in [-0.1, -0.05) is 77.7 Å². The minimum atomic E-state index is -1.27. The topological polar surface area (TPSA) is 9.23 Å². The zero-order chi connectivity index (χ0) is 14.8. The minimum Gasteiger partial charge on any atom is -0.461 e. The van der Waals surface area contributed by atoms with Crippen LogP contribution in [-0.4, -0.2) is 18.1 Å². The fraction of sp³-hybridized carbons (Fsp3) is 1.00. The molecule has 0 amide bonds. The average Bonchev–Trinajstić information content (AvgIpc) is 2.61. The highest BCUT2D eigenvalue weighted by Crippen LogP contribution is 2.35. The number of hydrogen-bond acceptors (Lipinski definition) is 1. The van der Waals surface area contributed by atoms with Crippen molar-refractivity contribution in [2.24, 2.45) is 11.8 Å². The van der Waals surface area contributed by atoms with Gasteiger partial charge in [0.15, 0.2) is 8.32 Å². The van der Waals surface area contributed by atoms with Gasteiger partial charge in [-0.3, -0.25) is 0 Å². The van der Waals surface area contributed by atoms with Gasteiger partial charge in [-0.25, -0.2) is 0 Å². The van der Waals surface area contributed by atoms with Gasteiger partial charge in [-0.05, 0) is 31.0 Å². The standard InChI is InChI=1S/C17H38OSi2/c1-5-11-16-12-7-6-8-13-17(16)14-9-10-15-20(3,4)18-19-2/h16-17H,5-15,19H2,1-4H3. The van der Waals surface area contributed by atoms with Crippen molar-refractivity contribution >= 4 is 18.1 Å². The summed E-state index contributed by atoms with van der Waals surface area (Å²) >= 11 is 0. The molecule has 0 saturated heterocycles. The zero-order valence-electron chi connectivity index (χ0n) is 14.5. The summed E-state index contributed by atoms with van der Waals surface area (Å²) in [5.74, 6) is 2.09. The van der Waals surface area contributed by atoms with Gasteiger partial charge >= 0.3 is 0 Å². The molecule has 1 aliphatic rings. The molecule has 0 N–H and O–H groups in total. The first kappa shape index (κ1) is 18.4. The van der Waals surface area contributed by atoms with Crippen LogP contribution in [-0.2, 0) is 4.12 Å². The molecular formula is C17H38OSi2. The van der Waals surface area contributed by atoms with Crippen molar-refractivity contribution in [3.8, 4) is 0 Å². The molecule has 1 rings (SSSR count). The maximum Gasteiger partial charge on any atom is 0.172 e. The van der Waals surface area contributed by atoms with Crippen molar-refractivity contribution in [1.82, 2.24) is 0 Å². The van der Waals surface area contributed by atoms with Crippen LogP contribution in [0.3, 0.4) is 0 Å².